The van der Waals surface area contributed by atoms with E-state index in [9.17, 15) is 4.79 Å². The van der Waals surface area contributed by atoms with Gasteiger partial charge in [-0.3, -0.25) is 9.69 Å². The van der Waals surface area contributed by atoms with Crippen LogP contribution in [0, 0.1) is 0 Å². The van der Waals surface area contributed by atoms with Crippen LogP contribution in [0.4, 0.5) is 0 Å². The molecule has 0 saturated heterocycles. The van der Waals surface area contributed by atoms with Crippen molar-refractivity contribution in [2.75, 3.05) is 13.6 Å². The lowest BCUT2D eigenvalue weighted by atomic mass is 10.1. The van der Waals surface area contributed by atoms with Gasteiger partial charge in [0.05, 0.1) is 6.54 Å². The molecule has 0 aromatic rings. The number of nitrogens with zero attached hydrogens (tertiary/aromatic N) is 1. The van der Waals surface area contributed by atoms with E-state index in [4.69, 9.17) is 0 Å². The van der Waals surface area contributed by atoms with Crippen molar-refractivity contribution in [3.05, 3.63) is 0 Å². The normalized spacial score (nSPS) is 23.2. The molecule has 0 aromatic carbocycles. The molecule has 1 amide bonds. The average molecular weight is 252 g/mol. The van der Waals surface area contributed by atoms with Crippen LogP contribution < -0.4 is 5.32 Å². The van der Waals surface area contributed by atoms with Crippen LogP contribution in [0.25, 0.3) is 0 Å². The first kappa shape index (κ1) is 13.9. The van der Waals surface area contributed by atoms with Gasteiger partial charge in [-0.05, 0) is 32.7 Å². The molecule has 2 saturated carbocycles. The molecule has 0 radical (unpaired) electrons. The second-order valence-corrected chi connectivity index (χ2v) is 6.11. The lowest BCUT2D eigenvalue weighted by molar-refractivity contribution is -0.123. The Hall–Kier alpha value is -0.570. The molecule has 18 heavy (non-hydrogen) atoms. The smallest absolute Gasteiger partial charge is 0.234 e. The molecule has 0 aromatic heterocycles. The molecule has 0 atom stereocenters. The molecule has 2 fully saturated rings. The largest absolute Gasteiger partial charge is 0.352 e. The van der Waals surface area contributed by atoms with Gasteiger partial charge < -0.3 is 5.32 Å². The fraction of sp³-hybridized carbons (Fsp3) is 0.933. The minimum Gasteiger partial charge on any atom is -0.352 e. The SMILES string of the molecule is CN(CC(=O)NC1CCCC1)C1CCCCCC1. The summed E-state index contributed by atoms with van der Waals surface area (Å²) < 4.78 is 0. The zero-order valence-corrected chi connectivity index (χ0v) is 11.8. The number of likely N-dealkylation sites (N-methyl/N-ethyl adjacent to an activating group) is 1. The number of rotatable bonds is 4. The molecule has 2 aliphatic rings. The standard InChI is InChI=1S/C15H28N2O/c1-17(14-10-4-2-3-5-11-14)12-15(18)16-13-8-6-7-9-13/h13-14H,2-12H2,1H3,(H,16,18). The lowest BCUT2D eigenvalue weighted by Crippen LogP contribution is -2.43. The molecule has 0 unspecified atom stereocenters. The predicted molar refractivity (Wildman–Crippen MR) is 74.5 cm³/mol. The van der Waals surface area contributed by atoms with Crippen molar-refractivity contribution in [3.8, 4) is 0 Å². The number of nitrogens with one attached hydrogen (secondary N) is 1. The zero-order chi connectivity index (χ0) is 12.8. The van der Waals surface area contributed by atoms with Gasteiger partial charge in [-0.25, -0.2) is 0 Å². The van der Waals surface area contributed by atoms with Gasteiger partial charge in [0, 0.05) is 12.1 Å². The quantitative estimate of drug-likeness (QED) is 0.780. The van der Waals surface area contributed by atoms with Crippen LogP contribution >= 0.6 is 0 Å². The summed E-state index contributed by atoms with van der Waals surface area (Å²) in [5.74, 6) is 0.230. The van der Waals surface area contributed by atoms with E-state index in [0.717, 1.165) is 0 Å². The van der Waals surface area contributed by atoms with Crippen molar-refractivity contribution in [2.24, 2.45) is 0 Å². The first-order valence-corrected chi connectivity index (χ1v) is 7.75. The van der Waals surface area contributed by atoms with Crippen LogP contribution in [0.2, 0.25) is 0 Å². The molecule has 0 heterocycles. The topological polar surface area (TPSA) is 32.3 Å². The summed E-state index contributed by atoms with van der Waals surface area (Å²) in [4.78, 5) is 14.3. The Morgan fingerprint density at radius 3 is 2.17 bits per heavy atom. The Morgan fingerprint density at radius 1 is 1.00 bits per heavy atom. The van der Waals surface area contributed by atoms with E-state index in [-0.39, 0.29) is 5.91 Å². The molecule has 3 heteroatoms. The molecule has 1 N–H and O–H groups in total. The van der Waals surface area contributed by atoms with Crippen LogP contribution in [0.3, 0.4) is 0 Å². The lowest BCUT2D eigenvalue weighted by Gasteiger charge is -2.27. The minimum absolute atomic E-state index is 0.230. The fourth-order valence-electron chi connectivity index (χ4n) is 3.40. The van der Waals surface area contributed by atoms with E-state index in [2.05, 4.69) is 17.3 Å². The van der Waals surface area contributed by atoms with E-state index in [1.165, 1.54) is 64.2 Å². The van der Waals surface area contributed by atoms with Crippen LogP contribution in [0.15, 0.2) is 0 Å². The third-order valence-corrected chi connectivity index (χ3v) is 4.56. The predicted octanol–water partition coefficient (Wildman–Crippen LogP) is 2.70. The van der Waals surface area contributed by atoms with Gasteiger partial charge in [0.2, 0.25) is 5.91 Å². The van der Waals surface area contributed by atoms with E-state index in [0.29, 0.717) is 18.6 Å². The van der Waals surface area contributed by atoms with Gasteiger partial charge in [-0.15, -0.1) is 0 Å². The summed E-state index contributed by atoms with van der Waals surface area (Å²) in [6.45, 7) is 0.584. The highest BCUT2D eigenvalue weighted by atomic mass is 16.2. The molecular formula is C15H28N2O. The second-order valence-electron chi connectivity index (χ2n) is 6.11. The van der Waals surface area contributed by atoms with Crippen molar-refractivity contribution < 1.29 is 4.79 Å². The van der Waals surface area contributed by atoms with Crippen molar-refractivity contribution in [1.29, 1.82) is 0 Å². The molecule has 2 rings (SSSR count). The minimum atomic E-state index is 0.230. The molecular weight excluding hydrogens is 224 g/mol. The van der Waals surface area contributed by atoms with Crippen molar-refractivity contribution >= 4 is 5.91 Å². The monoisotopic (exact) mass is 252 g/mol. The molecule has 0 spiro atoms. The third-order valence-electron chi connectivity index (χ3n) is 4.56. The van der Waals surface area contributed by atoms with E-state index in [1.807, 2.05) is 0 Å². The molecule has 104 valence electrons. The van der Waals surface area contributed by atoms with Crippen molar-refractivity contribution in [3.63, 3.8) is 0 Å². The highest BCUT2D eigenvalue weighted by Gasteiger charge is 2.21. The molecule has 0 bridgehead atoms. The number of amides is 1. The first-order valence-electron chi connectivity index (χ1n) is 7.75. The fourth-order valence-corrected chi connectivity index (χ4v) is 3.40. The maximum Gasteiger partial charge on any atom is 0.234 e. The number of carbonyl (C=O) groups excluding carboxylic acids is 1. The molecule has 0 aliphatic heterocycles. The van der Waals surface area contributed by atoms with Gasteiger partial charge in [-0.2, -0.15) is 0 Å². The Morgan fingerprint density at radius 2 is 1.56 bits per heavy atom. The van der Waals surface area contributed by atoms with Gasteiger partial charge >= 0.3 is 0 Å². The summed E-state index contributed by atoms with van der Waals surface area (Å²) >= 11 is 0. The van der Waals surface area contributed by atoms with Crippen LogP contribution in [0.5, 0.6) is 0 Å². The van der Waals surface area contributed by atoms with Crippen molar-refractivity contribution in [2.45, 2.75) is 76.3 Å². The molecule has 3 nitrogen and oxygen atoms in total. The third kappa shape index (κ3) is 4.27. The number of carbonyl (C=O) groups is 1. The number of hydrogen-bond donors (Lipinski definition) is 1. The summed E-state index contributed by atoms with van der Waals surface area (Å²) in [5, 5.41) is 3.18. The zero-order valence-electron chi connectivity index (χ0n) is 11.8. The summed E-state index contributed by atoms with van der Waals surface area (Å²) in [7, 11) is 2.12. The van der Waals surface area contributed by atoms with E-state index < -0.39 is 0 Å². The van der Waals surface area contributed by atoms with Gasteiger partial charge in [0.1, 0.15) is 0 Å². The summed E-state index contributed by atoms with van der Waals surface area (Å²) in [5.41, 5.74) is 0. The van der Waals surface area contributed by atoms with Crippen LogP contribution in [0.1, 0.15) is 64.2 Å². The highest BCUT2D eigenvalue weighted by Crippen LogP contribution is 2.21. The summed E-state index contributed by atoms with van der Waals surface area (Å²) in [6, 6.07) is 1.09. The highest BCUT2D eigenvalue weighted by molar-refractivity contribution is 5.78. The van der Waals surface area contributed by atoms with Crippen LogP contribution in [-0.4, -0.2) is 36.5 Å². The van der Waals surface area contributed by atoms with Gasteiger partial charge in [0.15, 0.2) is 0 Å². The average Bonchev–Trinajstić information content (AvgIpc) is 2.68. The number of hydrogen-bond acceptors (Lipinski definition) is 2. The second kappa shape index (κ2) is 7.13. The Labute approximate surface area is 111 Å². The maximum atomic E-state index is 12.0. The maximum absolute atomic E-state index is 12.0. The van der Waals surface area contributed by atoms with E-state index in [1.54, 1.807) is 0 Å². The molecule has 2 aliphatic carbocycles. The Bertz CT molecular complexity index is 253. The van der Waals surface area contributed by atoms with E-state index >= 15 is 0 Å². The van der Waals surface area contributed by atoms with Gasteiger partial charge in [0.25, 0.3) is 0 Å². The Kier molecular flexibility index (Phi) is 5.48. The first-order chi connectivity index (χ1) is 8.75. The van der Waals surface area contributed by atoms with Crippen LogP contribution in [-0.2, 0) is 4.79 Å². The summed E-state index contributed by atoms with van der Waals surface area (Å²) in [6.07, 6.45) is 12.9. The van der Waals surface area contributed by atoms with Gasteiger partial charge in [-0.1, -0.05) is 38.5 Å². The Balaban J connectivity index is 1.71. The van der Waals surface area contributed by atoms with Crippen molar-refractivity contribution in [1.82, 2.24) is 10.2 Å².